The summed E-state index contributed by atoms with van der Waals surface area (Å²) in [7, 11) is 0. The van der Waals surface area contributed by atoms with E-state index in [2.05, 4.69) is 36.5 Å². The molecule has 0 amide bonds. The molecule has 2 atom stereocenters. The summed E-state index contributed by atoms with van der Waals surface area (Å²) in [5.74, 6) is 0. The van der Waals surface area contributed by atoms with Crippen molar-refractivity contribution >= 4 is 0 Å². The van der Waals surface area contributed by atoms with E-state index in [0.29, 0.717) is 6.10 Å². The Morgan fingerprint density at radius 1 is 1.29 bits per heavy atom. The van der Waals surface area contributed by atoms with Gasteiger partial charge < -0.3 is 10.1 Å². The Kier molecular flexibility index (Phi) is 2.93. The van der Waals surface area contributed by atoms with Gasteiger partial charge in [-0.2, -0.15) is 0 Å². The number of fused-ring (bicyclic) bond motifs is 2. The number of morpholine rings is 1. The summed E-state index contributed by atoms with van der Waals surface area (Å²) in [4.78, 5) is 0. The molecule has 2 aliphatic rings. The molecule has 2 heteroatoms. The molecule has 3 rings (SSSR count). The normalized spacial score (nSPS) is 33.1. The summed E-state index contributed by atoms with van der Waals surface area (Å²) in [5.41, 5.74) is 2.85. The summed E-state index contributed by atoms with van der Waals surface area (Å²) in [5, 5.41) is 3.54. The molecule has 0 radical (unpaired) electrons. The lowest BCUT2D eigenvalue weighted by atomic mass is 9.86. The van der Waals surface area contributed by atoms with E-state index < -0.39 is 0 Å². The van der Waals surface area contributed by atoms with E-state index in [9.17, 15) is 0 Å². The predicted molar refractivity (Wildman–Crippen MR) is 69.1 cm³/mol. The Bertz CT molecular complexity index is 404. The fourth-order valence-electron chi connectivity index (χ4n) is 3.30. The number of ether oxygens (including phenoxy) is 1. The van der Waals surface area contributed by atoms with Crippen molar-refractivity contribution in [2.45, 2.75) is 44.3 Å². The van der Waals surface area contributed by atoms with Crippen molar-refractivity contribution in [3.63, 3.8) is 0 Å². The molecule has 1 heterocycles. The number of aryl methyl sites for hydroxylation is 1. The summed E-state index contributed by atoms with van der Waals surface area (Å²) in [6.45, 7) is 4.11. The third-order valence-corrected chi connectivity index (χ3v) is 4.05. The standard InChI is InChI=1S/C15H21NO/c1-12-10-16-11-15(17-12)9-5-4-7-13-6-2-3-8-14(13)15/h2-3,6,8,12,16H,4-5,7,9-11H2,1H3. The number of hydrogen-bond donors (Lipinski definition) is 1. The second-order valence-corrected chi connectivity index (χ2v) is 5.42. The molecular formula is C15H21NO. The SMILES string of the molecule is CC1CNCC2(CCCCc3ccccc32)O1. The van der Waals surface area contributed by atoms with Crippen LogP contribution in [0, 0.1) is 0 Å². The fraction of sp³-hybridized carbons (Fsp3) is 0.600. The van der Waals surface area contributed by atoms with E-state index in [1.807, 2.05) is 0 Å². The highest BCUT2D eigenvalue weighted by atomic mass is 16.5. The maximum absolute atomic E-state index is 6.36. The van der Waals surface area contributed by atoms with Gasteiger partial charge in [0.15, 0.2) is 0 Å². The number of rotatable bonds is 0. The van der Waals surface area contributed by atoms with Crippen molar-refractivity contribution in [2.75, 3.05) is 13.1 Å². The molecule has 1 aromatic rings. The zero-order valence-electron chi connectivity index (χ0n) is 10.5. The molecule has 0 aromatic heterocycles. The van der Waals surface area contributed by atoms with E-state index in [0.717, 1.165) is 19.5 Å². The van der Waals surface area contributed by atoms with Gasteiger partial charge in [-0.05, 0) is 43.7 Å². The van der Waals surface area contributed by atoms with Crippen LogP contribution in [0.5, 0.6) is 0 Å². The number of hydrogen-bond acceptors (Lipinski definition) is 2. The van der Waals surface area contributed by atoms with Crippen molar-refractivity contribution in [2.24, 2.45) is 0 Å². The summed E-state index contributed by atoms with van der Waals surface area (Å²) < 4.78 is 6.36. The van der Waals surface area contributed by atoms with Gasteiger partial charge in [0, 0.05) is 13.1 Å². The molecule has 2 nitrogen and oxygen atoms in total. The predicted octanol–water partition coefficient (Wildman–Crippen LogP) is 2.62. The first-order valence-electron chi connectivity index (χ1n) is 6.77. The van der Waals surface area contributed by atoms with E-state index >= 15 is 0 Å². The van der Waals surface area contributed by atoms with E-state index in [-0.39, 0.29) is 5.60 Å². The smallest absolute Gasteiger partial charge is 0.106 e. The fourth-order valence-corrected chi connectivity index (χ4v) is 3.30. The van der Waals surface area contributed by atoms with Crippen LogP contribution in [0.25, 0.3) is 0 Å². The van der Waals surface area contributed by atoms with Gasteiger partial charge in [0.25, 0.3) is 0 Å². The Balaban J connectivity index is 2.03. The molecule has 17 heavy (non-hydrogen) atoms. The van der Waals surface area contributed by atoms with Crippen LogP contribution in [0.4, 0.5) is 0 Å². The molecule has 1 aliphatic carbocycles. The third kappa shape index (κ3) is 2.00. The van der Waals surface area contributed by atoms with Gasteiger partial charge in [0.2, 0.25) is 0 Å². The van der Waals surface area contributed by atoms with Crippen LogP contribution in [0.15, 0.2) is 24.3 Å². The van der Waals surface area contributed by atoms with Gasteiger partial charge >= 0.3 is 0 Å². The van der Waals surface area contributed by atoms with Crippen molar-refractivity contribution < 1.29 is 4.74 Å². The molecule has 1 aromatic carbocycles. The summed E-state index contributed by atoms with van der Waals surface area (Å²) in [6, 6.07) is 8.83. The van der Waals surface area contributed by atoms with E-state index in [4.69, 9.17) is 4.74 Å². The van der Waals surface area contributed by atoms with Crippen LogP contribution in [0.3, 0.4) is 0 Å². The third-order valence-electron chi connectivity index (χ3n) is 4.05. The van der Waals surface area contributed by atoms with Crippen LogP contribution in [0.1, 0.15) is 37.3 Å². The summed E-state index contributed by atoms with van der Waals surface area (Å²) in [6.07, 6.45) is 5.23. The molecule has 1 saturated heterocycles. The largest absolute Gasteiger partial charge is 0.365 e. The lowest BCUT2D eigenvalue weighted by Gasteiger charge is -2.41. The maximum Gasteiger partial charge on any atom is 0.106 e. The molecule has 1 fully saturated rings. The van der Waals surface area contributed by atoms with Crippen molar-refractivity contribution in [3.05, 3.63) is 35.4 Å². The van der Waals surface area contributed by atoms with Crippen molar-refractivity contribution in [1.29, 1.82) is 0 Å². The highest BCUT2D eigenvalue weighted by molar-refractivity contribution is 5.34. The van der Waals surface area contributed by atoms with Gasteiger partial charge in [0.05, 0.1) is 6.10 Å². The van der Waals surface area contributed by atoms with Crippen molar-refractivity contribution in [3.8, 4) is 0 Å². The molecule has 0 saturated carbocycles. The van der Waals surface area contributed by atoms with E-state index in [1.54, 1.807) is 0 Å². The average molecular weight is 231 g/mol. The first-order valence-corrected chi connectivity index (χ1v) is 6.77. The maximum atomic E-state index is 6.36. The molecule has 1 N–H and O–H groups in total. The van der Waals surface area contributed by atoms with Crippen LogP contribution >= 0.6 is 0 Å². The van der Waals surface area contributed by atoms with Gasteiger partial charge in [0.1, 0.15) is 5.60 Å². The average Bonchev–Trinajstić information content (AvgIpc) is 2.51. The Morgan fingerprint density at radius 2 is 2.18 bits per heavy atom. The quantitative estimate of drug-likeness (QED) is 0.741. The minimum absolute atomic E-state index is 0.0647. The Hall–Kier alpha value is -0.860. The van der Waals surface area contributed by atoms with Crippen LogP contribution < -0.4 is 5.32 Å². The van der Waals surface area contributed by atoms with Gasteiger partial charge in [-0.15, -0.1) is 0 Å². The lowest BCUT2D eigenvalue weighted by Crippen LogP contribution is -2.51. The molecular weight excluding hydrogens is 210 g/mol. The van der Waals surface area contributed by atoms with Crippen molar-refractivity contribution in [1.82, 2.24) is 5.32 Å². The molecule has 0 bridgehead atoms. The molecule has 92 valence electrons. The number of nitrogens with one attached hydrogen (secondary N) is 1. The Labute approximate surface area is 103 Å². The second-order valence-electron chi connectivity index (χ2n) is 5.42. The molecule has 1 aliphatic heterocycles. The summed E-state index contributed by atoms with van der Waals surface area (Å²) >= 11 is 0. The Morgan fingerprint density at radius 3 is 3.06 bits per heavy atom. The van der Waals surface area contributed by atoms with Gasteiger partial charge in [-0.1, -0.05) is 24.3 Å². The monoisotopic (exact) mass is 231 g/mol. The molecule has 1 spiro atoms. The highest BCUT2D eigenvalue weighted by Crippen LogP contribution is 2.39. The minimum Gasteiger partial charge on any atom is -0.365 e. The first-order chi connectivity index (χ1) is 8.30. The minimum atomic E-state index is -0.0647. The lowest BCUT2D eigenvalue weighted by molar-refractivity contribution is -0.119. The van der Waals surface area contributed by atoms with Gasteiger partial charge in [-0.3, -0.25) is 0 Å². The molecule has 2 unspecified atom stereocenters. The topological polar surface area (TPSA) is 21.3 Å². The second kappa shape index (κ2) is 4.43. The van der Waals surface area contributed by atoms with Crippen LogP contribution in [-0.4, -0.2) is 19.2 Å². The highest BCUT2D eigenvalue weighted by Gasteiger charge is 2.39. The van der Waals surface area contributed by atoms with Crippen LogP contribution in [-0.2, 0) is 16.8 Å². The zero-order valence-corrected chi connectivity index (χ0v) is 10.5. The first kappa shape index (κ1) is 11.2. The number of benzene rings is 1. The van der Waals surface area contributed by atoms with E-state index in [1.165, 1.54) is 30.4 Å². The van der Waals surface area contributed by atoms with Crippen LogP contribution in [0.2, 0.25) is 0 Å². The zero-order chi connectivity index (χ0) is 11.7. The van der Waals surface area contributed by atoms with Gasteiger partial charge in [-0.25, -0.2) is 0 Å².